The number of amides is 3. The second kappa shape index (κ2) is 8.31. The Kier molecular flexibility index (Phi) is 6.74. The summed E-state index contributed by atoms with van der Waals surface area (Å²) in [5, 5.41) is 5.21. The lowest BCUT2D eigenvalue weighted by Gasteiger charge is -2.10. The van der Waals surface area contributed by atoms with E-state index in [1.54, 1.807) is 24.3 Å². The smallest absolute Gasteiger partial charge is 0.252 e. The van der Waals surface area contributed by atoms with Crippen LogP contribution in [-0.2, 0) is 9.59 Å². The Morgan fingerprint density at radius 1 is 1.24 bits per heavy atom. The van der Waals surface area contributed by atoms with E-state index in [-0.39, 0.29) is 30.2 Å². The summed E-state index contributed by atoms with van der Waals surface area (Å²) >= 11 is 1.27. The molecule has 4 N–H and O–H groups in total. The molecule has 0 aliphatic carbocycles. The zero-order chi connectivity index (χ0) is 15.8. The monoisotopic (exact) mass is 309 g/mol. The molecule has 0 aromatic heterocycles. The van der Waals surface area contributed by atoms with Crippen molar-refractivity contribution in [2.24, 2.45) is 5.73 Å². The van der Waals surface area contributed by atoms with Gasteiger partial charge in [-0.2, -0.15) is 0 Å². The van der Waals surface area contributed by atoms with Crippen LogP contribution in [-0.4, -0.2) is 36.1 Å². The van der Waals surface area contributed by atoms with Gasteiger partial charge >= 0.3 is 0 Å². The highest BCUT2D eigenvalue weighted by Gasteiger charge is 2.13. The average molecular weight is 309 g/mol. The van der Waals surface area contributed by atoms with Crippen molar-refractivity contribution in [3.63, 3.8) is 0 Å². The molecule has 21 heavy (non-hydrogen) atoms. The highest BCUT2D eigenvalue weighted by atomic mass is 32.2. The minimum Gasteiger partial charge on any atom is -0.368 e. The van der Waals surface area contributed by atoms with Crippen molar-refractivity contribution in [3.8, 4) is 0 Å². The molecule has 0 saturated carbocycles. The average Bonchev–Trinajstić information content (AvgIpc) is 2.42. The Balaban J connectivity index is 2.68. The summed E-state index contributed by atoms with van der Waals surface area (Å²) < 4.78 is 0. The third-order valence-electron chi connectivity index (χ3n) is 2.36. The molecule has 0 spiro atoms. The molecule has 0 fully saturated rings. The molecule has 0 aliphatic heterocycles. The Labute approximate surface area is 127 Å². The van der Waals surface area contributed by atoms with Gasteiger partial charge in [0.05, 0.1) is 17.9 Å². The molecule has 0 saturated heterocycles. The van der Waals surface area contributed by atoms with Gasteiger partial charge in [-0.3, -0.25) is 14.4 Å². The van der Waals surface area contributed by atoms with E-state index in [4.69, 9.17) is 5.73 Å². The Bertz CT molecular complexity index is 532. The Morgan fingerprint density at radius 2 is 1.90 bits per heavy atom. The maximum Gasteiger partial charge on any atom is 0.252 e. The van der Waals surface area contributed by atoms with Gasteiger partial charge in [0, 0.05) is 10.9 Å². The van der Waals surface area contributed by atoms with E-state index in [2.05, 4.69) is 10.6 Å². The molecule has 114 valence electrons. The maximum absolute atomic E-state index is 12.0. The van der Waals surface area contributed by atoms with Crippen LogP contribution in [0.15, 0.2) is 29.2 Å². The molecule has 7 heteroatoms. The zero-order valence-electron chi connectivity index (χ0n) is 12.0. The second-order valence-electron chi connectivity index (χ2n) is 4.66. The van der Waals surface area contributed by atoms with E-state index >= 15 is 0 Å². The summed E-state index contributed by atoms with van der Waals surface area (Å²) in [4.78, 5) is 35.0. The van der Waals surface area contributed by atoms with Crippen LogP contribution in [0.3, 0.4) is 0 Å². The first-order valence-electron chi connectivity index (χ1n) is 6.48. The topological polar surface area (TPSA) is 101 Å². The third kappa shape index (κ3) is 6.31. The van der Waals surface area contributed by atoms with Crippen LogP contribution in [0, 0.1) is 0 Å². The van der Waals surface area contributed by atoms with E-state index in [9.17, 15) is 14.4 Å². The lowest BCUT2D eigenvalue weighted by molar-refractivity contribution is -0.119. The molecule has 0 atom stereocenters. The summed E-state index contributed by atoms with van der Waals surface area (Å²) in [6.45, 7) is 3.55. The number of carbonyl (C=O) groups is 3. The summed E-state index contributed by atoms with van der Waals surface area (Å²) in [7, 11) is 0. The normalized spacial score (nSPS) is 10.2. The van der Waals surface area contributed by atoms with E-state index in [1.165, 1.54) is 11.8 Å². The summed E-state index contributed by atoms with van der Waals surface area (Å²) in [5.74, 6) is -0.869. The molecular formula is C14H19N3O3S. The number of rotatable bonds is 7. The third-order valence-corrected chi connectivity index (χ3v) is 3.44. The number of nitrogens with two attached hydrogens (primary N) is 1. The van der Waals surface area contributed by atoms with Crippen molar-refractivity contribution in [3.05, 3.63) is 29.8 Å². The van der Waals surface area contributed by atoms with E-state index in [1.807, 2.05) is 13.8 Å². The number of nitrogens with one attached hydrogen (secondary N) is 2. The predicted molar refractivity (Wildman–Crippen MR) is 82.0 cm³/mol. The molecule has 1 aromatic rings. The molecule has 1 aromatic carbocycles. The lowest BCUT2D eigenvalue weighted by atomic mass is 10.2. The number of thioether (sulfide) groups is 1. The van der Waals surface area contributed by atoms with Gasteiger partial charge in [-0.1, -0.05) is 12.1 Å². The Morgan fingerprint density at radius 3 is 2.52 bits per heavy atom. The van der Waals surface area contributed by atoms with Crippen molar-refractivity contribution in [1.29, 1.82) is 0 Å². The lowest BCUT2D eigenvalue weighted by Crippen LogP contribution is -2.33. The van der Waals surface area contributed by atoms with Crippen LogP contribution < -0.4 is 16.4 Å². The molecule has 0 heterocycles. The number of hydrogen-bond acceptors (Lipinski definition) is 4. The maximum atomic E-state index is 12.0. The molecule has 3 amide bonds. The highest BCUT2D eigenvalue weighted by Crippen LogP contribution is 2.22. The summed E-state index contributed by atoms with van der Waals surface area (Å²) in [6.07, 6.45) is 0. The minimum absolute atomic E-state index is 0.0761. The van der Waals surface area contributed by atoms with E-state index in [0.29, 0.717) is 10.5 Å². The van der Waals surface area contributed by atoms with Gasteiger partial charge in [0.25, 0.3) is 5.91 Å². The largest absolute Gasteiger partial charge is 0.368 e. The number of primary amides is 1. The minimum atomic E-state index is -0.607. The number of benzene rings is 1. The van der Waals surface area contributed by atoms with E-state index < -0.39 is 5.91 Å². The van der Waals surface area contributed by atoms with Crippen molar-refractivity contribution >= 4 is 29.5 Å². The van der Waals surface area contributed by atoms with Crippen LogP contribution in [0.4, 0.5) is 0 Å². The fourth-order valence-corrected chi connectivity index (χ4v) is 2.41. The van der Waals surface area contributed by atoms with Crippen LogP contribution >= 0.6 is 11.8 Å². The number of carbonyl (C=O) groups excluding carboxylic acids is 3. The van der Waals surface area contributed by atoms with Crippen LogP contribution in [0.2, 0.25) is 0 Å². The van der Waals surface area contributed by atoms with Crippen molar-refractivity contribution < 1.29 is 14.4 Å². The first-order valence-corrected chi connectivity index (χ1v) is 7.46. The van der Waals surface area contributed by atoms with Crippen LogP contribution in [0.5, 0.6) is 0 Å². The molecule has 0 unspecified atom stereocenters. The fraction of sp³-hybridized carbons (Fsp3) is 0.357. The summed E-state index contributed by atoms with van der Waals surface area (Å²) in [5.41, 5.74) is 5.41. The number of hydrogen-bond donors (Lipinski definition) is 3. The predicted octanol–water partition coefficient (Wildman–Crippen LogP) is 0.518. The molecule has 6 nitrogen and oxygen atoms in total. The van der Waals surface area contributed by atoms with Crippen LogP contribution in [0.25, 0.3) is 0 Å². The zero-order valence-corrected chi connectivity index (χ0v) is 12.8. The first-order chi connectivity index (χ1) is 9.90. The molecule has 0 aliphatic rings. The molecule has 0 bridgehead atoms. The van der Waals surface area contributed by atoms with Crippen molar-refractivity contribution in [2.75, 3.05) is 12.3 Å². The molecule has 0 radical (unpaired) electrons. The SMILES string of the molecule is CC(C)NC(=O)CSc1ccccc1C(=O)NCC(N)=O. The van der Waals surface area contributed by atoms with Crippen molar-refractivity contribution in [1.82, 2.24) is 10.6 Å². The van der Waals surface area contributed by atoms with Gasteiger partial charge in [-0.15, -0.1) is 11.8 Å². The van der Waals surface area contributed by atoms with Gasteiger partial charge in [0.15, 0.2) is 0 Å². The standard InChI is InChI=1S/C14H19N3O3S/c1-9(2)17-13(19)8-21-11-6-4-3-5-10(11)14(20)16-7-12(15)18/h3-6,9H,7-8H2,1-2H3,(H2,15,18)(H,16,20)(H,17,19). The summed E-state index contributed by atoms with van der Waals surface area (Å²) in [6, 6.07) is 6.98. The second-order valence-corrected chi connectivity index (χ2v) is 5.67. The quantitative estimate of drug-likeness (QED) is 0.639. The fourth-order valence-electron chi connectivity index (χ4n) is 1.55. The molecule has 1 rings (SSSR count). The first kappa shape index (κ1) is 17.0. The van der Waals surface area contributed by atoms with Gasteiger partial charge in [-0.05, 0) is 26.0 Å². The van der Waals surface area contributed by atoms with E-state index in [0.717, 1.165) is 0 Å². The van der Waals surface area contributed by atoms with Crippen LogP contribution in [0.1, 0.15) is 24.2 Å². The van der Waals surface area contributed by atoms with Gasteiger partial charge in [-0.25, -0.2) is 0 Å². The van der Waals surface area contributed by atoms with Gasteiger partial charge in [0.1, 0.15) is 0 Å². The van der Waals surface area contributed by atoms with Gasteiger partial charge in [0.2, 0.25) is 11.8 Å². The molecular weight excluding hydrogens is 290 g/mol. The Hall–Kier alpha value is -2.02. The van der Waals surface area contributed by atoms with Crippen molar-refractivity contribution in [2.45, 2.75) is 24.8 Å². The van der Waals surface area contributed by atoms with Gasteiger partial charge < -0.3 is 16.4 Å². The highest BCUT2D eigenvalue weighted by molar-refractivity contribution is 8.00.